The number of phenolic OH excluding ortho intramolecular Hbond substituents is 1. The number of aromatic hydroxyl groups is 1. The number of hydrogen-bond donors (Lipinski definition) is 3. The molecule has 0 spiro atoms. The Labute approximate surface area is 125 Å². The second-order valence-electron chi connectivity index (χ2n) is 4.14. The smallest absolute Gasteiger partial charge is 0.326 e. The standard InChI is InChI=1S/C13H14ClNO6/c1-21-11(17)5-4-10(13(19)20)15-12(18)8-6-7(16)2-3-9(8)14/h2-3,6,10,16H,4-5H2,1H3,(H,15,18)(H,19,20)/t10-/m1/s1. The third-order valence-corrected chi connectivity index (χ3v) is 2.99. The van der Waals surface area contributed by atoms with Gasteiger partial charge in [-0.25, -0.2) is 4.79 Å². The number of carboxylic acids is 1. The van der Waals surface area contributed by atoms with Gasteiger partial charge in [0.15, 0.2) is 0 Å². The Bertz CT molecular complexity index is 560. The van der Waals surface area contributed by atoms with Gasteiger partial charge in [-0.05, 0) is 24.6 Å². The third-order valence-electron chi connectivity index (χ3n) is 2.66. The second-order valence-corrected chi connectivity index (χ2v) is 4.55. The highest BCUT2D eigenvalue weighted by atomic mass is 35.5. The molecule has 21 heavy (non-hydrogen) atoms. The highest BCUT2D eigenvalue weighted by Crippen LogP contribution is 2.21. The number of phenols is 1. The Balaban J connectivity index is 2.79. The largest absolute Gasteiger partial charge is 0.508 e. The maximum absolute atomic E-state index is 12.0. The number of halogens is 1. The van der Waals surface area contributed by atoms with Gasteiger partial charge in [0.05, 0.1) is 17.7 Å². The van der Waals surface area contributed by atoms with Crippen molar-refractivity contribution < 1.29 is 29.3 Å². The van der Waals surface area contributed by atoms with Gasteiger partial charge >= 0.3 is 11.9 Å². The lowest BCUT2D eigenvalue weighted by Gasteiger charge is -2.14. The minimum absolute atomic E-state index is 0.0546. The molecule has 1 aromatic carbocycles. The molecule has 1 rings (SSSR count). The molecule has 0 saturated heterocycles. The summed E-state index contributed by atoms with van der Waals surface area (Å²) in [6.07, 6.45) is -0.272. The van der Waals surface area contributed by atoms with E-state index >= 15 is 0 Å². The SMILES string of the molecule is COC(=O)CC[C@@H](NC(=O)c1cc(O)ccc1Cl)C(=O)O. The van der Waals surface area contributed by atoms with E-state index < -0.39 is 23.9 Å². The van der Waals surface area contributed by atoms with Crippen molar-refractivity contribution in [2.45, 2.75) is 18.9 Å². The summed E-state index contributed by atoms with van der Waals surface area (Å²) in [5.41, 5.74) is -0.0546. The number of benzene rings is 1. The van der Waals surface area contributed by atoms with Crippen molar-refractivity contribution in [3.05, 3.63) is 28.8 Å². The van der Waals surface area contributed by atoms with E-state index in [1.54, 1.807) is 0 Å². The van der Waals surface area contributed by atoms with Crippen molar-refractivity contribution in [1.29, 1.82) is 0 Å². The number of rotatable bonds is 6. The molecule has 1 aromatic rings. The first-order chi connectivity index (χ1) is 9.85. The summed E-state index contributed by atoms with van der Waals surface area (Å²) >= 11 is 5.81. The van der Waals surface area contributed by atoms with Crippen LogP contribution in [0.25, 0.3) is 0 Å². The number of esters is 1. The molecule has 0 saturated carbocycles. The van der Waals surface area contributed by atoms with Crippen molar-refractivity contribution in [2.24, 2.45) is 0 Å². The van der Waals surface area contributed by atoms with Crippen molar-refractivity contribution >= 4 is 29.4 Å². The highest BCUT2D eigenvalue weighted by molar-refractivity contribution is 6.33. The summed E-state index contributed by atoms with van der Waals surface area (Å²) in [5, 5.41) is 20.7. The van der Waals surface area contributed by atoms with Gasteiger partial charge in [-0.2, -0.15) is 0 Å². The molecule has 0 aliphatic heterocycles. The van der Waals surface area contributed by atoms with Gasteiger partial charge in [-0.1, -0.05) is 11.6 Å². The van der Waals surface area contributed by atoms with Crippen LogP contribution < -0.4 is 5.32 Å². The Morgan fingerprint density at radius 1 is 1.38 bits per heavy atom. The van der Waals surface area contributed by atoms with Gasteiger partial charge < -0.3 is 20.3 Å². The van der Waals surface area contributed by atoms with Gasteiger partial charge in [0.2, 0.25) is 0 Å². The number of nitrogens with one attached hydrogen (secondary N) is 1. The number of hydrogen-bond acceptors (Lipinski definition) is 5. The van der Waals surface area contributed by atoms with Crippen molar-refractivity contribution in [3.63, 3.8) is 0 Å². The Hall–Kier alpha value is -2.28. The maximum atomic E-state index is 12.0. The Morgan fingerprint density at radius 2 is 2.05 bits per heavy atom. The first-order valence-corrected chi connectivity index (χ1v) is 6.32. The van der Waals surface area contributed by atoms with E-state index in [4.69, 9.17) is 16.7 Å². The molecule has 0 bridgehead atoms. The number of carbonyl (C=O) groups excluding carboxylic acids is 2. The fourth-order valence-electron chi connectivity index (χ4n) is 1.54. The molecule has 0 fully saturated rings. The van der Waals surface area contributed by atoms with Crippen molar-refractivity contribution in [3.8, 4) is 5.75 Å². The first kappa shape index (κ1) is 16.8. The molecule has 0 aliphatic rings. The zero-order valence-electron chi connectivity index (χ0n) is 11.1. The summed E-state index contributed by atoms with van der Waals surface area (Å²) in [6.45, 7) is 0. The molecule has 114 valence electrons. The topological polar surface area (TPSA) is 113 Å². The number of carbonyl (C=O) groups is 3. The highest BCUT2D eigenvalue weighted by Gasteiger charge is 2.23. The molecule has 1 amide bonds. The van der Waals surface area contributed by atoms with Gasteiger partial charge in [-0.15, -0.1) is 0 Å². The summed E-state index contributed by atoms with van der Waals surface area (Å²) in [5.74, 6) is -2.80. The quantitative estimate of drug-likeness (QED) is 0.679. The molecule has 0 aromatic heterocycles. The number of methoxy groups -OCH3 is 1. The van der Waals surface area contributed by atoms with Crippen LogP contribution in [0.2, 0.25) is 5.02 Å². The predicted molar refractivity (Wildman–Crippen MR) is 73.3 cm³/mol. The summed E-state index contributed by atoms with van der Waals surface area (Å²) in [4.78, 5) is 34.0. The molecule has 8 heteroatoms. The molecule has 7 nitrogen and oxygen atoms in total. The van der Waals surface area contributed by atoms with E-state index in [9.17, 15) is 19.5 Å². The normalized spacial score (nSPS) is 11.5. The van der Waals surface area contributed by atoms with Gasteiger partial charge in [0.25, 0.3) is 5.91 Å². The molecule has 0 radical (unpaired) electrons. The molecule has 3 N–H and O–H groups in total. The van der Waals surface area contributed by atoms with E-state index in [0.29, 0.717) is 0 Å². The lowest BCUT2D eigenvalue weighted by Crippen LogP contribution is -2.41. The van der Waals surface area contributed by atoms with Crippen LogP contribution in [0.15, 0.2) is 18.2 Å². The molecular weight excluding hydrogens is 302 g/mol. The second kappa shape index (κ2) is 7.49. The minimum atomic E-state index is -1.29. The number of ether oxygens (including phenoxy) is 1. The molecule has 0 aliphatic carbocycles. The number of aliphatic carboxylic acids is 1. The van der Waals surface area contributed by atoms with Gasteiger partial charge in [0, 0.05) is 6.42 Å². The maximum Gasteiger partial charge on any atom is 0.326 e. The number of amides is 1. The summed E-state index contributed by atoms with van der Waals surface area (Å²) in [7, 11) is 1.18. The zero-order valence-corrected chi connectivity index (χ0v) is 11.9. The van der Waals surface area contributed by atoms with E-state index in [0.717, 1.165) is 6.07 Å². The van der Waals surface area contributed by atoms with E-state index in [1.807, 2.05) is 0 Å². The van der Waals surface area contributed by atoms with Gasteiger partial charge in [-0.3, -0.25) is 9.59 Å². The lowest BCUT2D eigenvalue weighted by atomic mass is 10.1. The molecular formula is C13H14ClNO6. The Morgan fingerprint density at radius 3 is 2.62 bits per heavy atom. The van der Waals surface area contributed by atoms with Crippen LogP contribution in [-0.2, 0) is 14.3 Å². The zero-order chi connectivity index (χ0) is 16.0. The van der Waals surface area contributed by atoms with Crippen LogP contribution >= 0.6 is 11.6 Å². The monoisotopic (exact) mass is 315 g/mol. The fraction of sp³-hybridized carbons (Fsp3) is 0.308. The minimum Gasteiger partial charge on any atom is -0.508 e. The van der Waals surface area contributed by atoms with Crippen LogP contribution in [0.1, 0.15) is 23.2 Å². The predicted octanol–water partition coefficient (Wildman–Crippen LogP) is 1.18. The van der Waals surface area contributed by atoms with Gasteiger partial charge in [0.1, 0.15) is 11.8 Å². The first-order valence-electron chi connectivity index (χ1n) is 5.94. The average molecular weight is 316 g/mol. The Kier molecular flexibility index (Phi) is 5.98. The van der Waals surface area contributed by atoms with Crippen LogP contribution in [0.4, 0.5) is 0 Å². The van der Waals surface area contributed by atoms with Crippen LogP contribution in [0, 0.1) is 0 Å². The van der Waals surface area contributed by atoms with Crippen molar-refractivity contribution in [2.75, 3.05) is 7.11 Å². The summed E-state index contributed by atoms with van der Waals surface area (Å²) < 4.78 is 4.41. The van der Waals surface area contributed by atoms with Crippen LogP contribution in [0.3, 0.4) is 0 Å². The number of carboxylic acid groups (broad SMARTS) is 1. The van der Waals surface area contributed by atoms with Crippen molar-refractivity contribution in [1.82, 2.24) is 5.32 Å². The molecule has 0 unspecified atom stereocenters. The average Bonchev–Trinajstić information content (AvgIpc) is 2.44. The summed E-state index contributed by atoms with van der Waals surface area (Å²) in [6, 6.07) is 2.47. The molecule has 0 heterocycles. The third kappa shape index (κ3) is 4.96. The van der Waals surface area contributed by atoms with Crippen LogP contribution in [0.5, 0.6) is 5.75 Å². The fourth-order valence-corrected chi connectivity index (χ4v) is 1.75. The molecule has 1 atom stereocenters. The van der Waals surface area contributed by atoms with Crippen LogP contribution in [-0.4, -0.2) is 41.2 Å². The van der Waals surface area contributed by atoms with E-state index in [1.165, 1.54) is 19.2 Å². The lowest BCUT2D eigenvalue weighted by molar-refractivity contribution is -0.142. The van der Waals surface area contributed by atoms with E-state index in [2.05, 4.69) is 10.1 Å². The van der Waals surface area contributed by atoms with E-state index in [-0.39, 0.29) is 29.2 Å².